The Balaban J connectivity index is 0.000000424. The molecule has 74 valence electrons. The maximum absolute atomic E-state index is 10.6. The third-order valence-corrected chi connectivity index (χ3v) is 2.39. The highest BCUT2D eigenvalue weighted by atomic mass is 35.7. The van der Waals surface area contributed by atoms with Gasteiger partial charge in [-0.3, -0.25) is 0 Å². The molecule has 0 radical (unpaired) electrons. The lowest BCUT2D eigenvalue weighted by atomic mass is 10.4. The second kappa shape index (κ2) is 6.00. The molecule has 0 aliphatic heterocycles. The van der Waals surface area contributed by atoms with E-state index in [4.69, 9.17) is 10.7 Å². The van der Waals surface area contributed by atoms with Crippen LogP contribution in [0.5, 0.6) is 0 Å². The number of hydrogen-bond acceptors (Lipinski definition) is 2. The smallest absolute Gasteiger partial charge is 0.207 e. The van der Waals surface area contributed by atoms with E-state index in [1.807, 2.05) is 0 Å². The maximum Gasteiger partial charge on any atom is 0.261 e. The fraction of sp³-hybridized carbons (Fsp3) is 0.333. The van der Waals surface area contributed by atoms with Crippen molar-refractivity contribution in [3.63, 3.8) is 0 Å². The molecule has 0 saturated carbocycles. The van der Waals surface area contributed by atoms with Crippen molar-refractivity contribution in [2.45, 2.75) is 25.2 Å². The van der Waals surface area contributed by atoms with Gasteiger partial charge in [-0.25, -0.2) is 8.42 Å². The zero-order valence-corrected chi connectivity index (χ0v) is 9.27. The van der Waals surface area contributed by atoms with Crippen molar-refractivity contribution in [1.29, 1.82) is 0 Å². The maximum atomic E-state index is 10.6. The first-order chi connectivity index (χ1) is 6.02. The molecule has 1 rings (SSSR count). The Morgan fingerprint density at radius 2 is 1.54 bits per heavy atom. The van der Waals surface area contributed by atoms with Crippen LogP contribution in [0.2, 0.25) is 0 Å². The summed E-state index contributed by atoms with van der Waals surface area (Å²) < 4.78 is 21.2. The molecular formula is C9H13ClO2S. The van der Waals surface area contributed by atoms with Gasteiger partial charge in [-0.2, -0.15) is 0 Å². The van der Waals surface area contributed by atoms with E-state index >= 15 is 0 Å². The van der Waals surface area contributed by atoms with Gasteiger partial charge in [0.05, 0.1) is 4.90 Å². The molecule has 4 heteroatoms. The molecule has 13 heavy (non-hydrogen) atoms. The van der Waals surface area contributed by atoms with Gasteiger partial charge in [0.15, 0.2) is 0 Å². The van der Waals surface area contributed by atoms with E-state index < -0.39 is 9.05 Å². The van der Waals surface area contributed by atoms with Crippen LogP contribution in [0.1, 0.15) is 20.3 Å². The molecule has 0 bridgehead atoms. The molecule has 0 fully saturated rings. The Hall–Kier alpha value is -0.540. The lowest BCUT2D eigenvalue weighted by Crippen LogP contribution is -1.87. The molecule has 0 atom stereocenters. The highest BCUT2D eigenvalue weighted by Gasteiger charge is 2.06. The summed E-state index contributed by atoms with van der Waals surface area (Å²) in [7, 11) is 1.50. The van der Waals surface area contributed by atoms with Crippen molar-refractivity contribution < 1.29 is 8.42 Å². The number of hydrogen-bond donors (Lipinski definition) is 0. The van der Waals surface area contributed by atoms with Crippen molar-refractivity contribution in [3.05, 3.63) is 30.3 Å². The Labute approximate surface area is 84.0 Å². The van der Waals surface area contributed by atoms with E-state index in [0.717, 1.165) is 0 Å². The first-order valence-corrected chi connectivity index (χ1v) is 6.33. The summed E-state index contributed by atoms with van der Waals surface area (Å²) in [6.45, 7) is 4.25. The molecule has 0 aromatic heterocycles. The van der Waals surface area contributed by atoms with Crippen molar-refractivity contribution in [1.82, 2.24) is 0 Å². The lowest BCUT2D eigenvalue weighted by molar-refractivity contribution is 0.609. The summed E-state index contributed by atoms with van der Waals surface area (Å²) >= 11 is 0. The Morgan fingerprint density at radius 3 is 1.77 bits per heavy atom. The summed E-state index contributed by atoms with van der Waals surface area (Å²) in [5.74, 6) is 0. The molecule has 2 nitrogen and oxygen atoms in total. The second-order valence-corrected chi connectivity index (χ2v) is 5.02. The van der Waals surface area contributed by atoms with Gasteiger partial charge in [0.2, 0.25) is 0 Å². The van der Waals surface area contributed by atoms with E-state index in [1.165, 1.54) is 18.6 Å². The van der Waals surface area contributed by atoms with E-state index in [0.29, 0.717) is 0 Å². The van der Waals surface area contributed by atoms with Gasteiger partial charge in [0.25, 0.3) is 9.05 Å². The standard InChI is InChI=1S/C6H5ClO2S.C3H8/c7-10(8,9)6-4-2-1-3-5-6;1-3-2/h1-5H;3H2,1-2H3. The van der Waals surface area contributed by atoms with Crippen LogP contribution in [0, 0.1) is 0 Å². The van der Waals surface area contributed by atoms with E-state index in [2.05, 4.69) is 13.8 Å². The third-order valence-electron chi connectivity index (χ3n) is 1.02. The van der Waals surface area contributed by atoms with Crippen molar-refractivity contribution in [3.8, 4) is 0 Å². The summed E-state index contributed by atoms with van der Waals surface area (Å²) in [6, 6.07) is 7.86. The van der Waals surface area contributed by atoms with Gasteiger partial charge >= 0.3 is 0 Å². The summed E-state index contributed by atoms with van der Waals surface area (Å²) in [6.07, 6.45) is 1.25. The monoisotopic (exact) mass is 220 g/mol. The first kappa shape index (κ1) is 12.5. The van der Waals surface area contributed by atoms with Crippen molar-refractivity contribution in [2.24, 2.45) is 0 Å². The lowest BCUT2D eigenvalue weighted by Gasteiger charge is -1.91. The van der Waals surface area contributed by atoms with Gasteiger partial charge < -0.3 is 0 Å². The highest BCUT2D eigenvalue weighted by molar-refractivity contribution is 8.13. The van der Waals surface area contributed by atoms with Crippen molar-refractivity contribution >= 4 is 19.7 Å². The molecule has 0 N–H and O–H groups in total. The molecule has 1 aromatic rings. The van der Waals surface area contributed by atoms with Crippen LogP contribution in [0.15, 0.2) is 35.2 Å². The fourth-order valence-corrected chi connectivity index (χ4v) is 1.37. The minimum atomic E-state index is -3.53. The molecule has 0 unspecified atom stereocenters. The predicted octanol–water partition coefficient (Wildman–Crippen LogP) is 3.03. The van der Waals surface area contributed by atoms with Gasteiger partial charge in [-0.15, -0.1) is 0 Å². The number of halogens is 1. The SMILES string of the molecule is CCC.O=S(=O)(Cl)c1ccccc1. The zero-order chi connectivity index (χ0) is 10.3. The molecule has 1 aromatic carbocycles. The van der Waals surface area contributed by atoms with E-state index in [1.54, 1.807) is 18.2 Å². The minimum Gasteiger partial charge on any atom is -0.207 e. The summed E-state index contributed by atoms with van der Waals surface area (Å²) in [5, 5.41) is 0. The molecule has 0 heterocycles. The van der Waals surface area contributed by atoms with Crippen LogP contribution in [-0.2, 0) is 9.05 Å². The first-order valence-electron chi connectivity index (χ1n) is 4.02. The quantitative estimate of drug-likeness (QED) is 0.682. The molecule has 0 saturated heterocycles. The van der Waals surface area contributed by atoms with Crippen LogP contribution >= 0.6 is 10.7 Å². The van der Waals surface area contributed by atoms with Gasteiger partial charge in [-0.1, -0.05) is 38.5 Å². The Bertz CT molecular complexity index is 319. The molecule has 0 amide bonds. The van der Waals surface area contributed by atoms with Crippen LogP contribution in [0.4, 0.5) is 0 Å². The largest absolute Gasteiger partial charge is 0.261 e. The fourth-order valence-electron chi connectivity index (χ4n) is 0.583. The van der Waals surface area contributed by atoms with Crippen LogP contribution in [0.25, 0.3) is 0 Å². The summed E-state index contributed by atoms with van der Waals surface area (Å²) in [5.41, 5.74) is 0. The molecule has 0 aliphatic rings. The van der Waals surface area contributed by atoms with Gasteiger partial charge in [0.1, 0.15) is 0 Å². The van der Waals surface area contributed by atoms with Crippen LogP contribution in [-0.4, -0.2) is 8.42 Å². The topological polar surface area (TPSA) is 34.1 Å². The van der Waals surface area contributed by atoms with E-state index in [9.17, 15) is 8.42 Å². The van der Waals surface area contributed by atoms with Gasteiger partial charge in [0, 0.05) is 10.7 Å². The minimum absolute atomic E-state index is 0.136. The molecular weight excluding hydrogens is 208 g/mol. The molecule has 0 aliphatic carbocycles. The number of benzene rings is 1. The third kappa shape index (κ3) is 5.66. The number of rotatable bonds is 1. The van der Waals surface area contributed by atoms with Crippen LogP contribution < -0.4 is 0 Å². The predicted molar refractivity (Wildman–Crippen MR) is 55.4 cm³/mol. The average Bonchev–Trinajstić information content (AvgIpc) is 2.06. The van der Waals surface area contributed by atoms with Crippen LogP contribution in [0.3, 0.4) is 0 Å². The Morgan fingerprint density at radius 1 is 1.15 bits per heavy atom. The van der Waals surface area contributed by atoms with Gasteiger partial charge in [-0.05, 0) is 12.1 Å². The molecule has 0 spiro atoms. The van der Waals surface area contributed by atoms with E-state index in [-0.39, 0.29) is 4.90 Å². The van der Waals surface area contributed by atoms with Crippen molar-refractivity contribution in [2.75, 3.05) is 0 Å². The average molecular weight is 221 g/mol. The normalized spacial score (nSPS) is 10.1. The second-order valence-electron chi connectivity index (χ2n) is 2.46. The Kier molecular flexibility index (Phi) is 5.75. The zero-order valence-electron chi connectivity index (χ0n) is 7.70. The highest BCUT2D eigenvalue weighted by Crippen LogP contribution is 2.12. The summed E-state index contributed by atoms with van der Waals surface area (Å²) in [4.78, 5) is 0.136.